The Kier molecular flexibility index (Phi) is 4.56. The predicted octanol–water partition coefficient (Wildman–Crippen LogP) is 1.78. The fourth-order valence-electron chi connectivity index (χ4n) is 2.44. The third kappa shape index (κ3) is 3.55. The highest BCUT2D eigenvalue weighted by atomic mass is 35.5. The van der Waals surface area contributed by atoms with Gasteiger partial charge in [0.15, 0.2) is 5.78 Å². The number of nitrogens with zero attached hydrogens (tertiary/aromatic N) is 4. The molecule has 8 heteroatoms. The maximum absolute atomic E-state index is 12.1. The lowest BCUT2D eigenvalue weighted by Crippen LogP contribution is -2.48. The van der Waals surface area contributed by atoms with Crippen LogP contribution in [0.3, 0.4) is 0 Å². The second-order valence-corrected chi connectivity index (χ2v) is 6.41. The van der Waals surface area contributed by atoms with Crippen molar-refractivity contribution >= 4 is 40.5 Å². The van der Waals surface area contributed by atoms with Crippen LogP contribution in [0.5, 0.6) is 0 Å². The monoisotopic (exact) mass is 337 g/mol. The van der Waals surface area contributed by atoms with Gasteiger partial charge < -0.3 is 10.6 Å². The maximum Gasteiger partial charge on any atom is 0.223 e. The van der Waals surface area contributed by atoms with Gasteiger partial charge in [0, 0.05) is 32.2 Å². The Labute approximate surface area is 137 Å². The van der Waals surface area contributed by atoms with Gasteiger partial charge in [-0.3, -0.25) is 9.69 Å². The molecule has 1 saturated heterocycles. The van der Waals surface area contributed by atoms with Crippen molar-refractivity contribution in [3.05, 3.63) is 33.6 Å². The SMILES string of the molecule is Nc1nc(Cl)cc(N2CCN(CC(=O)c3cccs3)CC2)n1. The van der Waals surface area contributed by atoms with Gasteiger partial charge in [0.05, 0.1) is 11.4 Å². The third-order valence-electron chi connectivity index (χ3n) is 3.56. The van der Waals surface area contributed by atoms with Crippen LogP contribution in [0.25, 0.3) is 0 Å². The normalized spacial score (nSPS) is 16.0. The van der Waals surface area contributed by atoms with Gasteiger partial charge in [-0.25, -0.2) is 4.98 Å². The number of rotatable bonds is 4. The molecule has 6 nitrogen and oxygen atoms in total. The van der Waals surface area contributed by atoms with Crippen LogP contribution in [-0.2, 0) is 0 Å². The number of hydrogen-bond donors (Lipinski definition) is 1. The Morgan fingerprint density at radius 2 is 2.09 bits per heavy atom. The van der Waals surface area contributed by atoms with E-state index in [1.165, 1.54) is 11.3 Å². The molecule has 3 rings (SSSR count). The lowest BCUT2D eigenvalue weighted by atomic mass is 10.2. The highest BCUT2D eigenvalue weighted by Crippen LogP contribution is 2.19. The number of thiophene rings is 1. The average Bonchev–Trinajstić information content (AvgIpc) is 3.01. The van der Waals surface area contributed by atoms with Crippen molar-refractivity contribution < 1.29 is 4.79 Å². The largest absolute Gasteiger partial charge is 0.368 e. The number of anilines is 2. The van der Waals surface area contributed by atoms with E-state index in [0.29, 0.717) is 11.7 Å². The van der Waals surface area contributed by atoms with Gasteiger partial charge in [-0.1, -0.05) is 17.7 Å². The topological polar surface area (TPSA) is 75.3 Å². The first kappa shape index (κ1) is 15.2. The Morgan fingerprint density at radius 1 is 1.32 bits per heavy atom. The molecule has 1 aliphatic rings. The molecule has 0 atom stereocenters. The predicted molar refractivity (Wildman–Crippen MR) is 88.8 cm³/mol. The second-order valence-electron chi connectivity index (χ2n) is 5.07. The van der Waals surface area contributed by atoms with E-state index in [1.807, 2.05) is 17.5 Å². The molecule has 0 radical (unpaired) electrons. The zero-order valence-corrected chi connectivity index (χ0v) is 13.5. The van der Waals surface area contributed by atoms with Gasteiger partial charge in [0.1, 0.15) is 11.0 Å². The quantitative estimate of drug-likeness (QED) is 0.677. The van der Waals surface area contributed by atoms with E-state index in [2.05, 4.69) is 19.8 Å². The second kappa shape index (κ2) is 6.60. The maximum atomic E-state index is 12.1. The highest BCUT2D eigenvalue weighted by molar-refractivity contribution is 7.12. The molecule has 1 aliphatic heterocycles. The molecule has 0 spiro atoms. The van der Waals surface area contributed by atoms with Crippen molar-refractivity contribution in [1.82, 2.24) is 14.9 Å². The molecule has 0 amide bonds. The summed E-state index contributed by atoms with van der Waals surface area (Å²) >= 11 is 7.40. The van der Waals surface area contributed by atoms with Gasteiger partial charge in [-0.2, -0.15) is 4.98 Å². The van der Waals surface area contributed by atoms with Gasteiger partial charge in [0.2, 0.25) is 5.95 Å². The van der Waals surface area contributed by atoms with Crippen molar-refractivity contribution in [2.45, 2.75) is 0 Å². The summed E-state index contributed by atoms with van der Waals surface area (Å²) < 4.78 is 0. The smallest absolute Gasteiger partial charge is 0.223 e. The number of ketones is 1. The Morgan fingerprint density at radius 3 is 2.73 bits per heavy atom. The van der Waals surface area contributed by atoms with Crippen molar-refractivity contribution in [2.75, 3.05) is 43.4 Å². The summed E-state index contributed by atoms with van der Waals surface area (Å²) in [6.07, 6.45) is 0. The van der Waals surface area contributed by atoms with E-state index in [1.54, 1.807) is 6.07 Å². The van der Waals surface area contributed by atoms with Gasteiger partial charge >= 0.3 is 0 Å². The molecule has 2 aromatic heterocycles. The molecular formula is C14H16ClN5OS. The van der Waals surface area contributed by atoms with E-state index in [9.17, 15) is 4.79 Å². The summed E-state index contributed by atoms with van der Waals surface area (Å²) in [5, 5.41) is 2.27. The summed E-state index contributed by atoms with van der Waals surface area (Å²) in [4.78, 5) is 25.3. The molecule has 2 aromatic rings. The zero-order chi connectivity index (χ0) is 15.5. The van der Waals surface area contributed by atoms with E-state index in [4.69, 9.17) is 17.3 Å². The van der Waals surface area contributed by atoms with Crippen LogP contribution in [0.4, 0.5) is 11.8 Å². The summed E-state index contributed by atoms with van der Waals surface area (Å²) in [6, 6.07) is 5.48. The van der Waals surface area contributed by atoms with Crippen LogP contribution in [-0.4, -0.2) is 53.4 Å². The van der Waals surface area contributed by atoms with Crippen LogP contribution in [0.1, 0.15) is 9.67 Å². The highest BCUT2D eigenvalue weighted by Gasteiger charge is 2.21. The van der Waals surface area contributed by atoms with E-state index in [0.717, 1.165) is 36.9 Å². The summed E-state index contributed by atoms with van der Waals surface area (Å²) in [7, 11) is 0. The number of halogens is 1. The van der Waals surface area contributed by atoms with Crippen molar-refractivity contribution in [2.24, 2.45) is 0 Å². The van der Waals surface area contributed by atoms with Gasteiger partial charge in [0.25, 0.3) is 0 Å². The number of Topliss-reactive ketones (excluding diaryl/α,β-unsaturated/α-hetero) is 1. The molecule has 0 saturated carbocycles. The zero-order valence-electron chi connectivity index (χ0n) is 11.9. The molecule has 0 aliphatic carbocycles. The first-order chi connectivity index (χ1) is 10.6. The summed E-state index contributed by atoms with van der Waals surface area (Å²) in [6.45, 7) is 3.63. The third-order valence-corrected chi connectivity index (χ3v) is 4.66. The minimum Gasteiger partial charge on any atom is -0.368 e. The number of piperazine rings is 1. The molecule has 22 heavy (non-hydrogen) atoms. The van der Waals surface area contributed by atoms with Crippen LogP contribution < -0.4 is 10.6 Å². The molecule has 0 aromatic carbocycles. The van der Waals surface area contributed by atoms with Crippen LogP contribution in [0, 0.1) is 0 Å². The molecule has 116 valence electrons. The summed E-state index contributed by atoms with van der Waals surface area (Å²) in [5.41, 5.74) is 5.63. The fourth-order valence-corrected chi connectivity index (χ4v) is 3.28. The Bertz CT molecular complexity index is 635. The Hall–Kier alpha value is -1.70. The number of nitrogens with two attached hydrogens (primary N) is 1. The standard InChI is InChI=1S/C14H16ClN5OS/c15-12-8-13(18-14(16)17-12)20-5-3-19(4-6-20)9-10(21)11-2-1-7-22-11/h1-2,7-8H,3-6,9H2,(H2,16,17,18). The minimum absolute atomic E-state index is 0.178. The van der Waals surface area contributed by atoms with Crippen LogP contribution in [0.15, 0.2) is 23.6 Å². The molecule has 0 bridgehead atoms. The van der Waals surface area contributed by atoms with E-state index in [-0.39, 0.29) is 11.7 Å². The number of carbonyl (C=O) groups is 1. The molecule has 1 fully saturated rings. The summed E-state index contributed by atoms with van der Waals surface area (Å²) in [5.74, 6) is 1.09. The molecular weight excluding hydrogens is 322 g/mol. The molecule has 3 heterocycles. The Balaban J connectivity index is 1.57. The van der Waals surface area contributed by atoms with Crippen molar-refractivity contribution in [3.8, 4) is 0 Å². The fraction of sp³-hybridized carbons (Fsp3) is 0.357. The van der Waals surface area contributed by atoms with Crippen LogP contribution >= 0.6 is 22.9 Å². The van der Waals surface area contributed by atoms with Gasteiger partial charge in [-0.05, 0) is 11.4 Å². The lowest BCUT2D eigenvalue weighted by molar-refractivity contribution is 0.0930. The van der Waals surface area contributed by atoms with Crippen molar-refractivity contribution in [1.29, 1.82) is 0 Å². The number of nitrogen functional groups attached to an aromatic ring is 1. The van der Waals surface area contributed by atoms with E-state index >= 15 is 0 Å². The number of aromatic nitrogens is 2. The minimum atomic E-state index is 0.178. The van der Waals surface area contributed by atoms with Crippen LogP contribution in [0.2, 0.25) is 5.15 Å². The van der Waals surface area contributed by atoms with E-state index < -0.39 is 0 Å². The first-order valence-electron chi connectivity index (χ1n) is 6.96. The first-order valence-corrected chi connectivity index (χ1v) is 8.21. The lowest BCUT2D eigenvalue weighted by Gasteiger charge is -2.34. The molecule has 2 N–H and O–H groups in total. The number of carbonyl (C=O) groups excluding carboxylic acids is 1. The van der Waals surface area contributed by atoms with Gasteiger partial charge in [-0.15, -0.1) is 11.3 Å². The number of hydrogen-bond acceptors (Lipinski definition) is 7. The average molecular weight is 338 g/mol. The molecule has 0 unspecified atom stereocenters. The van der Waals surface area contributed by atoms with Crippen molar-refractivity contribution in [3.63, 3.8) is 0 Å².